The van der Waals surface area contributed by atoms with E-state index in [2.05, 4.69) is 15.3 Å². The summed E-state index contributed by atoms with van der Waals surface area (Å²) in [5.74, 6) is 1.45. The van der Waals surface area contributed by atoms with Gasteiger partial charge in [0.1, 0.15) is 17.3 Å². The highest BCUT2D eigenvalue weighted by Crippen LogP contribution is 2.38. The van der Waals surface area contributed by atoms with Crippen LogP contribution in [0.2, 0.25) is 0 Å². The van der Waals surface area contributed by atoms with Crippen molar-refractivity contribution < 1.29 is 27.4 Å². The molecule has 0 fully saturated rings. The smallest absolute Gasteiger partial charge is 0.433 e. The predicted molar refractivity (Wildman–Crippen MR) is 85.2 cm³/mol. The van der Waals surface area contributed by atoms with Crippen molar-refractivity contribution in [1.29, 1.82) is 0 Å². The van der Waals surface area contributed by atoms with Crippen molar-refractivity contribution in [3.63, 3.8) is 0 Å². The van der Waals surface area contributed by atoms with Gasteiger partial charge in [-0.1, -0.05) is 0 Å². The normalized spacial score (nSPS) is 11.2. The van der Waals surface area contributed by atoms with Crippen LogP contribution in [0.15, 0.2) is 18.2 Å². The maximum Gasteiger partial charge on any atom is 0.433 e. The molecule has 2 aromatic rings. The van der Waals surface area contributed by atoms with Gasteiger partial charge in [0.05, 0.1) is 21.3 Å². The van der Waals surface area contributed by atoms with Gasteiger partial charge in [-0.3, -0.25) is 0 Å². The van der Waals surface area contributed by atoms with Crippen molar-refractivity contribution in [3.05, 3.63) is 35.3 Å². The number of nitrogens with zero attached hydrogens (tertiary/aromatic N) is 2. The molecule has 6 nitrogen and oxygen atoms in total. The quantitative estimate of drug-likeness (QED) is 0.854. The van der Waals surface area contributed by atoms with Crippen molar-refractivity contribution >= 4 is 5.82 Å². The molecule has 0 spiro atoms. The SMILES string of the molecule is COc1cc(CNc2cc(C(F)(F)F)nc(C)n2)cc(OC)c1OC. The minimum absolute atomic E-state index is 0.0298. The van der Waals surface area contributed by atoms with Gasteiger partial charge >= 0.3 is 6.18 Å². The molecule has 0 saturated heterocycles. The molecule has 0 radical (unpaired) electrons. The van der Waals surface area contributed by atoms with Crippen LogP contribution in [-0.4, -0.2) is 31.3 Å². The lowest BCUT2D eigenvalue weighted by atomic mass is 10.1. The van der Waals surface area contributed by atoms with E-state index in [0.717, 1.165) is 11.6 Å². The Kier molecular flexibility index (Phi) is 5.55. The van der Waals surface area contributed by atoms with Crippen LogP contribution < -0.4 is 19.5 Å². The third-order valence-electron chi connectivity index (χ3n) is 3.33. The van der Waals surface area contributed by atoms with E-state index in [1.165, 1.54) is 28.3 Å². The Hall–Kier alpha value is -2.71. The van der Waals surface area contributed by atoms with Gasteiger partial charge in [0.2, 0.25) is 5.75 Å². The lowest BCUT2D eigenvalue weighted by Crippen LogP contribution is -2.12. The number of aromatic nitrogens is 2. The standard InChI is InChI=1S/C16H18F3N3O3/c1-9-21-13(16(17,18)19)7-14(22-9)20-8-10-5-11(23-2)15(25-4)12(6-10)24-3/h5-7H,8H2,1-4H3,(H,20,21,22). The largest absolute Gasteiger partial charge is 0.493 e. The van der Waals surface area contributed by atoms with E-state index in [-0.39, 0.29) is 18.2 Å². The molecule has 1 aromatic heterocycles. The molecule has 0 amide bonds. The number of rotatable bonds is 6. The van der Waals surface area contributed by atoms with Crippen LogP contribution in [0.4, 0.5) is 19.0 Å². The molecule has 0 atom stereocenters. The Labute approximate surface area is 143 Å². The number of benzene rings is 1. The number of anilines is 1. The minimum atomic E-state index is -4.53. The monoisotopic (exact) mass is 357 g/mol. The summed E-state index contributed by atoms with van der Waals surface area (Å²) < 4.78 is 54.2. The highest BCUT2D eigenvalue weighted by Gasteiger charge is 2.33. The van der Waals surface area contributed by atoms with Crippen LogP contribution in [0, 0.1) is 6.92 Å². The molecule has 0 aliphatic carbocycles. The molecule has 25 heavy (non-hydrogen) atoms. The third kappa shape index (κ3) is 4.43. The average Bonchev–Trinajstić information content (AvgIpc) is 2.57. The fourth-order valence-corrected chi connectivity index (χ4v) is 2.23. The molecule has 2 rings (SSSR count). The van der Waals surface area contributed by atoms with Crippen LogP contribution in [0.25, 0.3) is 0 Å². The Morgan fingerprint density at radius 2 is 1.56 bits per heavy atom. The summed E-state index contributed by atoms with van der Waals surface area (Å²) in [6.07, 6.45) is -4.53. The van der Waals surface area contributed by atoms with Gasteiger partial charge in [0.15, 0.2) is 11.5 Å². The maximum atomic E-state index is 12.8. The lowest BCUT2D eigenvalue weighted by Gasteiger charge is -2.15. The molecule has 0 aliphatic rings. The second-order valence-electron chi connectivity index (χ2n) is 5.07. The van der Waals surface area contributed by atoms with E-state index in [4.69, 9.17) is 14.2 Å². The van der Waals surface area contributed by atoms with Gasteiger partial charge in [-0.2, -0.15) is 13.2 Å². The van der Waals surface area contributed by atoms with Crippen LogP contribution >= 0.6 is 0 Å². The zero-order valence-corrected chi connectivity index (χ0v) is 14.2. The van der Waals surface area contributed by atoms with E-state index in [1.807, 2.05) is 0 Å². The van der Waals surface area contributed by atoms with Gasteiger partial charge in [0, 0.05) is 12.6 Å². The fourth-order valence-electron chi connectivity index (χ4n) is 2.23. The topological polar surface area (TPSA) is 65.5 Å². The van der Waals surface area contributed by atoms with Crippen molar-refractivity contribution in [2.75, 3.05) is 26.6 Å². The molecule has 1 aromatic carbocycles. The van der Waals surface area contributed by atoms with Crippen molar-refractivity contribution in [1.82, 2.24) is 9.97 Å². The second-order valence-corrected chi connectivity index (χ2v) is 5.07. The first-order valence-corrected chi connectivity index (χ1v) is 7.24. The van der Waals surface area contributed by atoms with Crippen LogP contribution in [0.1, 0.15) is 17.1 Å². The number of halogens is 3. The molecule has 0 unspecified atom stereocenters. The number of aryl methyl sites for hydroxylation is 1. The van der Waals surface area contributed by atoms with Crippen molar-refractivity contribution in [2.45, 2.75) is 19.6 Å². The number of hydrogen-bond donors (Lipinski definition) is 1. The Morgan fingerprint density at radius 1 is 0.960 bits per heavy atom. The zero-order chi connectivity index (χ0) is 18.6. The number of methoxy groups -OCH3 is 3. The molecule has 0 saturated carbocycles. The van der Waals surface area contributed by atoms with Crippen LogP contribution in [0.5, 0.6) is 17.2 Å². The summed E-state index contributed by atoms with van der Waals surface area (Å²) in [4.78, 5) is 7.38. The van der Waals surface area contributed by atoms with Crippen molar-refractivity contribution in [3.8, 4) is 17.2 Å². The first-order chi connectivity index (χ1) is 11.8. The third-order valence-corrected chi connectivity index (χ3v) is 3.33. The van der Waals surface area contributed by atoms with E-state index < -0.39 is 11.9 Å². The highest BCUT2D eigenvalue weighted by atomic mass is 19.4. The van der Waals surface area contributed by atoms with Gasteiger partial charge in [-0.25, -0.2) is 9.97 Å². The Balaban J connectivity index is 2.26. The molecule has 136 valence electrons. The summed E-state index contributed by atoms with van der Waals surface area (Å²) in [6.45, 7) is 1.62. The Bertz CT molecular complexity index is 726. The predicted octanol–water partition coefficient (Wildman–Crippen LogP) is 3.44. The zero-order valence-electron chi connectivity index (χ0n) is 14.2. The summed E-state index contributed by atoms with van der Waals surface area (Å²) in [5.41, 5.74) is -0.272. The van der Waals surface area contributed by atoms with E-state index in [1.54, 1.807) is 12.1 Å². The maximum absolute atomic E-state index is 12.8. The molecular weight excluding hydrogens is 339 g/mol. The average molecular weight is 357 g/mol. The molecule has 0 bridgehead atoms. The second kappa shape index (κ2) is 7.45. The number of ether oxygens (including phenoxy) is 3. The molecule has 1 N–H and O–H groups in total. The minimum Gasteiger partial charge on any atom is -0.493 e. The van der Waals surface area contributed by atoms with Gasteiger partial charge in [-0.05, 0) is 24.6 Å². The Morgan fingerprint density at radius 3 is 2.04 bits per heavy atom. The van der Waals surface area contributed by atoms with Gasteiger partial charge < -0.3 is 19.5 Å². The molecule has 9 heteroatoms. The fraction of sp³-hybridized carbons (Fsp3) is 0.375. The van der Waals surface area contributed by atoms with Gasteiger partial charge in [0.25, 0.3) is 0 Å². The molecule has 0 aliphatic heterocycles. The summed E-state index contributed by atoms with van der Waals surface area (Å²) >= 11 is 0. The number of hydrogen-bond acceptors (Lipinski definition) is 6. The summed E-state index contributed by atoms with van der Waals surface area (Å²) in [7, 11) is 4.45. The lowest BCUT2D eigenvalue weighted by molar-refractivity contribution is -0.141. The summed E-state index contributed by atoms with van der Waals surface area (Å²) in [6, 6.07) is 4.27. The van der Waals surface area contributed by atoms with E-state index in [0.29, 0.717) is 17.2 Å². The number of alkyl halides is 3. The number of nitrogens with one attached hydrogen (secondary N) is 1. The first-order valence-electron chi connectivity index (χ1n) is 7.24. The molecule has 1 heterocycles. The highest BCUT2D eigenvalue weighted by molar-refractivity contribution is 5.54. The van der Waals surface area contributed by atoms with E-state index in [9.17, 15) is 13.2 Å². The van der Waals surface area contributed by atoms with Crippen molar-refractivity contribution in [2.24, 2.45) is 0 Å². The van der Waals surface area contributed by atoms with Crippen LogP contribution in [-0.2, 0) is 12.7 Å². The summed E-state index contributed by atoms with van der Waals surface area (Å²) in [5, 5.41) is 2.85. The van der Waals surface area contributed by atoms with Gasteiger partial charge in [-0.15, -0.1) is 0 Å². The molecular formula is C16H18F3N3O3. The van der Waals surface area contributed by atoms with Crippen LogP contribution in [0.3, 0.4) is 0 Å². The van der Waals surface area contributed by atoms with E-state index >= 15 is 0 Å². The first kappa shape index (κ1) is 18.6.